The summed E-state index contributed by atoms with van der Waals surface area (Å²) in [6, 6.07) is 3.31. The fourth-order valence-corrected chi connectivity index (χ4v) is 3.74. The minimum absolute atomic E-state index is 0.154. The van der Waals surface area contributed by atoms with Crippen LogP contribution in [0, 0.1) is 5.92 Å². The lowest BCUT2D eigenvalue weighted by Crippen LogP contribution is -2.18. The first kappa shape index (κ1) is 17.7. The monoisotopic (exact) mass is 314 g/mol. The number of aromatic hydroxyl groups is 2. The third kappa shape index (κ3) is 4.19. The van der Waals surface area contributed by atoms with Crippen molar-refractivity contribution in [1.29, 1.82) is 0 Å². The zero-order chi connectivity index (χ0) is 17.0. The largest absolute Gasteiger partial charge is 0.508 e. The van der Waals surface area contributed by atoms with Gasteiger partial charge in [0, 0.05) is 17.5 Å². The SMILES string of the molecule is C=C(C)[C@@H]1CCC(C)=CC1c1c(O)cc(O)cc1CCCCC. The number of phenolic OH excluding ortho intramolecular Hbond substituents is 2. The van der Waals surface area contributed by atoms with Crippen LogP contribution in [-0.4, -0.2) is 10.2 Å². The Morgan fingerprint density at radius 1 is 1.26 bits per heavy atom. The van der Waals surface area contributed by atoms with E-state index in [0.29, 0.717) is 5.92 Å². The van der Waals surface area contributed by atoms with Crippen molar-refractivity contribution in [1.82, 2.24) is 0 Å². The Balaban J connectivity index is 2.46. The second kappa shape index (κ2) is 7.72. The molecule has 2 atom stereocenters. The smallest absolute Gasteiger partial charge is 0.123 e. The van der Waals surface area contributed by atoms with Gasteiger partial charge in [0.15, 0.2) is 0 Å². The van der Waals surface area contributed by atoms with Crippen LogP contribution < -0.4 is 0 Å². The predicted molar refractivity (Wildman–Crippen MR) is 97.0 cm³/mol. The lowest BCUT2D eigenvalue weighted by Gasteiger charge is -2.32. The van der Waals surface area contributed by atoms with E-state index in [0.717, 1.165) is 43.2 Å². The quantitative estimate of drug-likeness (QED) is 0.511. The third-order valence-corrected chi connectivity index (χ3v) is 4.99. The number of hydrogen-bond donors (Lipinski definition) is 2. The number of hydrogen-bond acceptors (Lipinski definition) is 2. The van der Waals surface area contributed by atoms with Crippen LogP contribution in [0.5, 0.6) is 11.5 Å². The molecule has 0 amide bonds. The van der Waals surface area contributed by atoms with Crippen molar-refractivity contribution in [2.75, 3.05) is 0 Å². The number of rotatable bonds is 6. The summed E-state index contributed by atoms with van der Waals surface area (Å²) >= 11 is 0. The molecule has 2 nitrogen and oxygen atoms in total. The number of unbranched alkanes of at least 4 members (excludes halogenated alkanes) is 2. The molecule has 23 heavy (non-hydrogen) atoms. The average Bonchev–Trinajstić information content (AvgIpc) is 2.46. The Morgan fingerprint density at radius 3 is 2.65 bits per heavy atom. The number of aryl methyl sites for hydroxylation is 1. The number of phenols is 2. The number of benzene rings is 1. The van der Waals surface area contributed by atoms with E-state index in [1.165, 1.54) is 23.6 Å². The summed E-state index contributed by atoms with van der Waals surface area (Å²) < 4.78 is 0. The van der Waals surface area contributed by atoms with Crippen molar-refractivity contribution in [2.24, 2.45) is 5.92 Å². The van der Waals surface area contributed by atoms with E-state index in [1.54, 1.807) is 0 Å². The van der Waals surface area contributed by atoms with Gasteiger partial charge in [0.1, 0.15) is 11.5 Å². The van der Waals surface area contributed by atoms with Crippen molar-refractivity contribution in [3.8, 4) is 11.5 Å². The van der Waals surface area contributed by atoms with Crippen LogP contribution in [0.3, 0.4) is 0 Å². The fraction of sp³-hybridized carbons (Fsp3) is 0.524. The number of allylic oxidation sites excluding steroid dienone is 3. The fourth-order valence-electron chi connectivity index (χ4n) is 3.74. The molecule has 2 N–H and O–H groups in total. The Kier molecular flexibility index (Phi) is 5.92. The van der Waals surface area contributed by atoms with Gasteiger partial charge in [0.25, 0.3) is 0 Å². The molecule has 0 spiro atoms. The lowest BCUT2D eigenvalue weighted by atomic mass is 9.72. The molecular formula is C21H30O2. The zero-order valence-corrected chi connectivity index (χ0v) is 14.7. The van der Waals surface area contributed by atoms with E-state index in [9.17, 15) is 10.2 Å². The molecule has 0 saturated carbocycles. The molecule has 0 fully saturated rings. The van der Waals surface area contributed by atoms with Gasteiger partial charge in [-0.15, -0.1) is 0 Å². The van der Waals surface area contributed by atoms with E-state index >= 15 is 0 Å². The second-order valence-corrected chi connectivity index (χ2v) is 7.03. The molecule has 0 aromatic heterocycles. The van der Waals surface area contributed by atoms with Crippen LogP contribution in [0.15, 0.2) is 35.9 Å². The molecule has 0 bridgehead atoms. The molecule has 1 aromatic rings. The van der Waals surface area contributed by atoms with Crippen molar-refractivity contribution < 1.29 is 10.2 Å². The molecule has 126 valence electrons. The molecular weight excluding hydrogens is 284 g/mol. The van der Waals surface area contributed by atoms with Crippen molar-refractivity contribution in [3.63, 3.8) is 0 Å². The van der Waals surface area contributed by atoms with Gasteiger partial charge in [0.2, 0.25) is 0 Å². The molecule has 2 heteroatoms. The van der Waals surface area contributed by atoms with Crippen LogP contribution >= 0.6 is 0 Å². The van der Waals surface area contributed by atoms with E-state index in [2.05, 4.69) is 33.4 Å². The molecule has 0 radical (unpaired) electrons. The molecule has 0 saturated heterocycles. The highest BCUT2D eigenvalue weighted by Crippen LogP contribution is 2.45. The van der Waals surface area contributed by atoms with Gasteiger partial charge in [-0.05, 0) is 57.1 Å². The predicted octanol–water partition coefficient (Wildman–Crippen LogP) is 5.85. The topological polar surface area (TPSA) is 40.5 Å². The molecule has 1 aromatic carbocycles. The minimum Gasteiger partial charge on any atom is -0.508 e. The molecule has 1 aliphatic carbocycles. The maximum atomic E-state index is 10.5. The summed E-state index contributed by atoms with van der Waals surface area (Å²) in [5.74, 6) is 0.900. The summed E-state index contributed by atoms with van der Waals surface area (Å²) in [7, 11) is 0. The van der Waals surface area contributed by atoms with Gasteiger partial charge in [-0.3, -0.25) is 0 Å². The molecule has 1 unspecified atom stereocenters. The van der Waals surface area contributed by atoms with Crippen molar-refractivity contribution in [3.05, 3.63) is 47.1 Å². The maximum absolute atomic E-state index is 10.5. The summed E-state index contributed by atoms with van der Waals surface area (Å²) in [5, 5.41) is 20.5. The Morgan fingerprint density at radius 2 is 2.00 bits per heavy atom. The average molecular weight is 314 g/mol. The zero-order valence-electron chi connectivity index (χ0n) is 14.7. The van der Waals surface area contributed by atoms with E-state index in [1.807, 2.05) is 6.07 Å². The summed E-state index contributed by atoms with van der Waals surface area (Å²) in [4.78, 5) is 0. The first-order valence-electron chi connectivity index (χ1n) is 8.81. The van der Waals surface area contributed by atoms with Gasteiger partial charge in [-0.2, -0.15) is 0 Å². The summed E-state index contributed by atoms with van der Waals surface area (Å²) in [6.07, 6.45) is 8.78. The summed E-state index contributed by atoms with van der Waals surface area (Å²) in [6.45, 7) is 10.6. The van der Waals surface area contributed by atoms with Crippen LogP contribution in [0.2, 0.25) is 0 Å². The second-order valence-electron chi connectivity index (χ2n) is 7.03. The van der Waals surface area contributed by atoms with Gasteiger partial charge in [0.05, 0.1) is 0 Å². The standard InChI is InChI=1S/C21H30O2/c1-5-6-7-8-16-12-17(22)13-20(23)21(16)19-11-15(4)9-10-18(19)14(2)3/h11-13,18-19,22-23H,2,5-10H2,1,3-4H3/t18-,19?/m0/s1. The van der Waals surface area contributed by atoms with E-state index in [4.69, 9.17) is 0 Å². The lowest BCUT2D eigenvalue weighted by molar-refractivity contribution is 0.423. The highest BCUT2D eigenvalue weighted by atomic mass is 16.3. The van der Waals surface area contributed by atoms with Crippen molar-refractivity contribution >= 4 is 0 Å². The van der Waals surface area contributed by atoms with E-state index in [-0.39, 0.29) is 17.4 Å². The molecule has 2 rings (SSSR count). The van der Waals surface area contributed by atoms with E-state index < -0.39 is 0 Å². The van der Waals surface area contributed by atoms with Crippen LogP contribution in [0.1, 0.15) is 69.9 Å². The molecule has 1 aliphatic rings. The Labute approximate surface area is 140 Å². The first-order chi connectivity index (χ1) is 10.9. The minimum atomic E-state index is 0.154. The normalized spacial score (nSPS) is 21.1. The maximum Gasteiger partial charge on any atom is 0.123 e. The van der Waals surface area contributed by atoms with Crippen LogP contribution in [0.25, 0.3) is 0 Å². The van der Waals surface area contributed by atoms with Gasteiger partial charge >= 0.3 is 0 Å². The Hall–Kier alpha value is -1.70. The van der Waals surface area contributed by atoms with Crippen molar-refractivity contribution in [2.45, 2.75) is 65.2 Å². The Bertz CT molecular complexity index is 598. The van der Waals surface area contributed by atoms with Gasteiger partial charge in [-0.25, -0.2) is 0 Å². The van der Waals surface area contributed by atoms with Gasteiger partial charge in [-0.1, -0.05) is 43.6 Å². The third-order valence-electron chi connectivity index (χ3n) is 4.99. The van der Waals surface area contributed by atoms with Crippen LogP contribution in [-0.2, 0) is 6.42 Å². The first-order valence-corrected chi connectivity index (χ1v) is 8.81. The summed E-state index contributed by atoms with van der Waals surface area (Å²) in [5.41, 5.74) is 4.62. The highest BCUT2D eigenvalue weighted by Gasteiger charge is 2.29. The van der Waals surface area contributed by atoms with Gasteiger partial charge < -0.3 is 10.2 Å². The molecule has 0 aliphatic heterocycles. The van der Waals surface area contributed by atoms with Crippen LogP contribution in [0.4, 0.5) is 0 Å². The highest BCUT2D eigenvalue weighted by molar-refractivity contribution is 5.50. The molecule has 0 heterocycles.